The lowest BCUT2D eigenvalue weighted by Gasteiger charge is -2.14. The van der Waals surface area contributed by atoms with Gasteiger partial charge in [0.15, 0.2) is 0 Å². The monoisotopic (exact) mass is 305 g/mol. The molecule has 0 aromatic heterocycles. The Balaban J connectivity index is 2.52. The zero-order valence-electron chi connectivity index (χ0n) is 9.50. The van der Waals surface area contributed by atoms with Crippen LogP contribution in [0.25, 0.3) is 0 Å². The summed E-state index contributed by atoms with van der Waals surface area (Å²) in [6.45, 7) is 5.73. The van der Waals surface area contributed by atoms with E-state index in [0.717, 1.165) is 16.6 Å². The van der Waals surface area contributed by atoms with E-state index >= 15 is 0 Å². The molecule has 0 fully saturated rings. The molecule has 0 amide bonds. The summed E-state index contributed by atoms with van der Waals surface area (Å²) in [4.78, 5) is 0. The highest BCUT2D eigenvalue weighted by Gasteiger charge is 2.09. The van der Waals surface area contributed by atoms with Crippen molar-refractivity contribution in [2.45, 2.75) is 20.0 Å². The number of rotatable bonds is 5. The van der Waals surface area contributed by atoms with Gasteiger partial charge in [-0.1, -0.05) is 31.5 Å². The minimum absolute atomic E-state index is 0.510. The lowest BCUT2D eigenvalue weighted by Crippen LogP contribution is -2.25. The number of hydrogen-bond donors (Lipinski definition) is 2. The molecule has 90 valence electrons. The average Bonchev–Trinajstić information content (AvgIpc) is 2.21. The van der Waals surface area contributed by atoms with Crippen molar-refractivity contribution in [2.75, 3.05) is 13.1 Å². The van der Waals surface area contributed by atoms with E-state index in [-0.39, 0.29) is 0 Å². The van der Waals surface area contributed by atoms with E-state index in [1.54, 1.807) is 6.07 Å². The van der Waals surface area contributed by atoms with E-state index in [4.69, 9.17) is 11.6 Å². The fraction of sp³-hybridized carbons (Fsp3) is 0.500. The number of aliphatic hydroxyl groups excluding tert-OH is 1. The molecule has 0 aliphatic heterocycles. The molecule has 1 unspecified atom stereocenters. The molecule has 0 aliphatic carbocycles. The van der Waals surface area contributed by atoms with Crippen molar-refractivity contribution in [2.24, 2.45) is 5.92 Å². The molecule has 1 atom stereocenters. The Kier molecular flexibility index (Phi) is 5.76. The molecule has 4 heteroatoms. The summed E-state index contributed by atoms with van der Waals surface area (Å²) in [5, 5.41) is 13.8. The molecule has 0 spiro atoms. The third-order valence-corrected chi connectivity index (χ3v) is 3.45. The van der Waals surface area contributed by atoms with Crippen LogP contribution in [0.15, 0.2) is 22.7 Å². The Bertz CT molecular complexity index is 344. The molecule has 1 aromatic rings. The van der Waals surface area contributed by atoms with Crippen LogP contribution in [0.3, 0.4) is 0 Å². The second kappa shape index (κ2) is 6.60. The highest BCUT2D eigenvalue weighted by Crippen LogP contribution is 2.25. The van der Waals surface area contributed by atoms with E-state index in [1.807, 2.05) is 12.1 Å². The third-order valence-electron chi connectivity index (χ3n) is 2.22. The molecule has 0 aliphatic rings. The highest BCUT2D eigenvalue weighted by atomic mass is 79.9. The first kappa shape index (κ1) is 14.0. The maximum absolute atomic E-state index is 9.91. The van der Waals surface area contributed by atoms with Gasteiger partial charge in [-0.15, -0.1) is 0 Å². The van der Waals surface area contributed by atoms with Gasteiger partial charge in [0.25, 0.3) is 0 Å². The number of benzene rings is 1. The predicted octanol–water partition coefficient (Wildman–Crippen LogP) is 3.38. The number of halogens is 2. The topological polar surface area (TPSA) is 32.3 Å². The van der Waals surface area contributed by atoms with Gasteiger partial charge in [0.05, 0.1) is 11.1 Å². The van der Waals surface area contributed by atoms with Crippen molar-refractivity contribution in [1.29, 1.82) is 0 Å². The van der Waals surface area contributed by atoms with Crippen LogP contribution in [0.2, 0.25) is 5.02 Å². The second-order valence-electron chi connectivity index (χ2n) is 4.24. The average molecular weight is 307 g/mol. The summed E-state index contributed by atoms with van der Waals surface area (Å²) in [6.07, 6.45) is -0.510. The van der Waals surface area contributed by atoms with Gasteiger partial charge < -0.3 is 10.4 Å². The first-order chi connectivity index (χ1) is 7.50. The Labute approximate surface area is 110 Å². The lowest BCUT2D eigenvalue weighted by molar-refractivity contribution is 0.173. The van der Waals surface area contributed by atoms with Crippen LogP contribution < -0.4 is 5.32 Å². The zero-order chi connectivity index (χ0) is 12.1. The van der Waals surface area contributed by atoms with Crippen LogP contribution in [-0.4, -0.2) is 18.2 Å². The van der Waals surface area contributed by atoms with Gasteiger partial charge >= 0.3 is 0 Å². The van der Waals surface area contributed by atoms with E-state index < -0.39 is 6.10 Å². The van der Waals surface area contributed by atoms with Crippen LogP contribution in [0, 0.1) is 5.92 Å². The van der Waals surface area contributed by atoms with Gasteiger partial charge in [0.2, 0.25) is 0 Å². The SMILES string of the molecule is CC(C)CNCC(O)c1ccc(Br)c(Cl)c1. The smallest absolute Gasteiger partial charge is 0.0914 e. The van der Waals surface area contributed by atoms with Gasteiger partial charge in [-0.2, -0.15) is 0 Å². The lowest BCUT2D eigenvalue weighted by atomic mass is 10.1. The first-order valence-electron chi connectivity index (χ1n) is 5.34. The molecule has 0 heterocycles. The van der Waals surface area contributed by atoms with Gasteiger partial charge in [-0.25, -0.2) is 0 Å². The highest BCUT2D eigenvalue weighted by molar-refractivity contribution is 9.10. The maximum Gasteiger partial charge on any atom is 0.0914 e. The normalized spacial score (nSPS) is 13.1. The Morgan fingerprint density at radius 2 is 2.06 bits per heavy atom. The van der Waals surface area contributed by atoms with Gasteiger partial charge in [0, 0.05) is 11.0 Å². The molecule has 1 aromatic carbocycles. The minimum atomic E-state index is -0.510. The van der Waals surface area contributed by atoms with Crippen LogP contribution in [0.4, 0.5) is 0 Å². The van der Waals surface area contributed by atoms with Gasteiger partial charge in [-0.05, 0) is 46.1 Å². The van der Waals surface area contributed by atoms with Gasteiger partial charge in [-0.3, -0.25) is 0 Å². The zero-order valence-corrected chi connectivity index (χ0v) is 11.8. The van der Waals surface area contributed by atoms with Crippen LogP contribution in [0.1, 0.15) is 25.5 Å². The van der Waals surface area contributed by atoms with Crippen LogP contribution in [0.5, 0.6) is 0 Å². The van der Waals surface area contributed by atoms with E-state index in [0.29, 0.717) is 17.5 Å². The van der Waals surface area contributed by atoms with E-state index in [2.05, 4.69) is 35.1 Å². The van der Waals surface area contributed by atoms with Crippen molar-refractivity contribution in [3.8, 4) is 0 Å². The Morgan fingerprint density at radius 1 is 1.38 bits per heavy atom. The molecule has 0 radical (unpaired) electrons. The van der Waals surface area contributed by atoms with Crippen LogP contribution in [-0.2, 0) is 0 Å². The van der Waals surface area contributed by atoms with E-state index in [9.17, 15) is 5.11 Å². The van der Waals surface area contributed by atoms with Crippen molar-refractivity contribution < 1.29 is 5.11 Å². The summed E-state index contributed by atoms with van der Waals surface area (Å²) < 4.78 is 0.847. The number of aliphatic hydroxyl groups is 1. The fourth-order valence-corrected chi connectivity index (χ4v) is 1.78. The summed E-state index contributed by atoms with van der Waals surface area (Å²) in [7, 11) is 0. The Hall–Kier alpha value is -0.0900. The number of nitrogens with one attached hydrogen (secondary N) is 1. The van der Waals surface area contributed by atoms with E-state index in [1.165, 1.54) is 0 Å². The maximum atomic E-state index is 9.91. The largest absolute Gasteiger partial charge is 0.387 e. The first-order valence-corrected chi connectivity index (χ1v) is 6.51. The molecule has 0 bridgehead atoms. The van der Waals surface area contributed by atoms with Crippen LogP contribution >= 0.6 is 27.5 Å². The standard InChI is InChI=1S/C12H17BrClNO/c1-8(2)6-15-7-12(16)9-3-4-10(13)11(14)5-9/h3-5,8,12,15-16H,6-7H2,1-2H3. The predicted molar refractivity (Wildman–Crippen MR) is 71.8 cm³/mol. The summed E-state index contributed by atoms with van der Waals surface area (Å²) in [6, 6.07) is 5.51. The van der Waals surface area contributed by atoms with Crippen molar-refractivity contribution in [1.82, 2.24) is 5.32 Å². The quantitative estimate of drug-likeness (QED) is 0.874. The summed E-state index contributed by atoms with van der Waals surface area (Å²) >= 11 is 9.28. The van der Waals surface area contributed by atoms with Crippen molar-refractivity contribution in [3.63, 3.8) is 0 Å². The minimum Gasteiger partial charge on any atom is -0.387 e. The summed E-state index contributed by atoms with van der Waals surface area (Å²) in [5.74, 6) is 0.584. The molecule has 2 nitrogen and oxygen atoms in total. The second-order valence-corrected chi connectivity index (χ2v) is 5.50. The molecule has 0 saturated heterocycles. The number of hydrogen-bond acceptors (Lipinski definition) is 2. The summed E-state index contributed by atoms with van der Waals surface area (Å²) in [5.41, 5.74) is 0.837. The Morgan fingerprint density at radius 3 is 2.62 bits per heavy atom. The van der Waals surface area contributed by atoms with Gasteiger partial charge in [0.1, 0.15) is 0 Å². The fourth-order valence-electron chi connectivity index (χ4n) is 1.35. The van der Waals surface area contributed by atoms with Crippen molar-refractivity contribution >= 4 is 27.5 Å². The molecular formula is C12H17BrClNO. The molecule has 0 saturated carbocycles. The molecule has 16 heavy (non-hydrogen) atoms. The molecular weight excluding hydrogens is 289 g/mol. The molecule has 2 N–H and O–H groups in total. The third kappa shape index (κ3) is 4.42. The van der Waals surface area contributed by atoms with Crippen molar-refractivity contribution in [3.05, 3.63) is 33.3 Å². The molecule has 1 rings (SSSR count).